The van der Waals surface area contributed by atoms with Crippen molar-refractivity contribution in [1.82, 2.24) is 4.57 Å². The Kier molecular flexibility index (Phi) is 5.39. The van der Waals surface area contributed by atoms with Crippen LogP contribution in [0.1, 0.15) is 26.3 Å². The molecule has 0 atom stereocenters. The Labute approximate surface area is 131 Å². The first-order valence-electron chi connectivity index (χ1n) is 7.63. The number of aliphatic hydroxyl groups is 1. The Hall–Kier alpha value is -2.07. The molecule has 22 heavy (non-hydrogen) atoms. The molecule has 0 saturated carbocycles. The molecule has 0 aliphatic rings. The minimum absolute atomic E-state index is 0.123. The normalized spacial score (nSPS) is 11.0. The van der Waals surface area contributed by atoms with Crippen molar-refractivity contribution in [2.24, 2.45) is 5.92 Å². The van der Waals surface area contributed by atoms with Crippen molar-refractivity contribution in [3.63, 3.8) is 0 Å². The van der Waals surface area contributed by atoms with Crippen molar-refractivity contribution in [1.29, 1.82) is 0 Å². The summed E-state index contributed by atoms with van der Waals surface area (Å²) in [6.07, 6.45) is 0. The van der Waals surface area contributed by atoms with Crippen molar-refractivity contribution in [2.45, 2.75) is 33.9 Å². The van der Waals surface area contributed by atoms with Gasteiger partial charge < -0.3 is 14.4 Å². The predicted molar refractivity (Wildman–Crippen MR) is 88.1 cm³/mol. The maximum Gasteiger partial charge on any atom is 0.256 e. The molecular formula is C18H23NO3. The number of ether oxygens (including phenoxy) is 1. The van der Waals surface area contributed by atoms with Crippen LogP contribution in [0.5, 0.6) is 5.75 Å². The highest BCUT2D eigenvalue weighted by Crippen LogP contribution is 2.22. The van der Waals surface area contributed by atoms with E-state index in [1.807, 2.05) is 37.3 Å². The van der Waals surface area contributed by atoms with Gasteiger partial charge in [0.25, 0.3) is 5.56 Å². The first kappa shape index (κ1) is 16.3. The fraction of sp³-hybridized carbons (Fsp3) is 0.389. The van der Waals surface area contributed by atoms with Crippen LogP contribution in [-0.2, 0) is 13.2 Å². The standard InChI is InChI=1S/C18H23NO3/c1-4-22-16-8-5-14(6-9-16)17-10-7-15(12-20)18(21)19(17)11-13(2)3/h5-10,13,20H,4,11-12H2,1-3H3. The molecule has 0 unspecified atom stereocenters. The Balaban J connectivity index is 2.49. The first-order valence-corrected chi connectivity index (χ1v) is 7.63. The van der Waals surface area contributed by atoms with Crippen LogP contribution in [0.25, 0.3) is 11.3 Å². The van der Waals surface area contributed by atoms with Gasteiger partial charge in [0.1, 0.15) is 5.75 Å². The topological polar surface area (TPSA) is 51.5 Å². The van der Waals surface area contributed by atoms with Gasteiger partial charge in [0.15, 0.2) is 0 Å². The Bertz CT molecular complexity index is 672. The zero-order valence-electron chi connectivity index (χ0n) is 13.4. The lowest BCUT2D eigenvalue weighted by Crippen LogP contribution is -2.27. The SMILES string of the molecule is CCOc1ccc(-c2ccc(CO)c(=O)n2CC(C)C)cc1. The van der Waals surface area contributed by atoms with Crippen LogP contribution < -0.4 is 10.3 Å². The van der Waals surface area contributed by atoms with Gasteiger partial charge in [-0.3, -0.25) is 4.79 Å². The predicted octanol–water partition coefficient (Wildman–Crippen LogP) is 3.06. The molecule has 1 aromatic heterocycles. The van der Waals surface area contributed by atoms with Gasteiger partial charge in [0.05, 0.1) is 18.9 Å². The molecule has 0 fully saturated rings. The summed E-state index contributed by atoms with van der Waals surface area (Å²) in [5, 5.41) is 9.30. The molecule has 2 rings (SSSR count). The number of aliphatic hydroxyl groups excluding tert-OH is 1. The second kappa shape index (κ2) is 7.27. The second-order valence-electron chi connectivity index (χ2n) is 5.67. The van der Waals surface area contributed by atoms with Crippen molar-refractivity contribution in [2.75, 3.05) is 6.61 Å². The van der Waals surface area contributed by atoms with Crippen LogP contribution >= 0.6 is 0 Å². The Morgan fingerprint density at radius 3 is 2.36 bits per heavy atom. The summed E-state index contributed by atoms with van der Waals surface area (Å²) in [4.78, 5) is 12.5. The maximum atomic E-state index is 12.5. The molecule has 0 saturated heterocycles. The summed E-state index contributed by atoms with van der Waals surface area (Å²) >= 11 is 0. The summed E-state index contributed by atoms with van der Waals surface area (Å²) in [6, 6.07) is 11.3. The van der Waals surface area contributed by atoms with E-state index in [1.54, 1.807) is 10.6 Å². The van der Waals surface area contributed by atoms with Crippen LogP contribution in [0.3, 0.4) is 0 Å². The molecule has 0 bridgehead atoms. The lowest BCUT2D eigenvalue weighted by molar-refractivity contribution is 0.279. The zero-order chi connectivity index (χ0) is 16.1. The Morgan fingerprint density at radius 1 is 1.14 bits per heavy atom. The van der Waals surface area contributed by atoms with E-state index in [1.165, 1.54) is 0 Å². The molecule has 0 spiro atoms. The lowest BCUT2D eigenvalue weighted by Gasteiger charge is -2.16. The van der Waals surface area contributed by atoms with E-state index < -0.39 is 0 Å². The van der Waals surface area contributed by atoms with E-state index in [0.29, 0.717) is 24.6 Å². The van der Waals surface area contributed by atoms with Gasteiger partial charge in [0.2, 0.25) is 0 Å². The number of aromatic nitrogens is 1. The van der Waals surface area contributed by atoms with E-state index in [9.17, 15) is 9.90 Å². The smallest absolute Gasteiger partial charge is 0.256 e. The molecule has 0 aliphatic heterocycles. The highest BCUT2D eigenvalue weighted by molar-refractivity contribution is 5.61. The summed E-state index contributed by atoms with van der Waals surface area (Å²) in [7, 11) is 0. The van der Waals surface area contributed by atoms with Crippen molar-refractivity contribution in [3.05, 3.63) is 52.3 Å². The van der Waals surface area contributed by atoms with Crippen LogP contribution in [0, 0.1) is 5.92 Å². The summed E-state index contributed by atoms with van der Waals surface area (Å²) in [5.74, 6) is 1.16. The quantitative estimate of drug-likeness (QED) is 0.892. The van der Waals surface area contributed by atoms with Gasteiger partial charge in [-0.05, 0) is 54.8 Å². The van der Waals surface area contributed by atoms with Gasteiger partial charge in [0, 0.05) is 12.1 Å². The largest absolute Gasteiger partial charge is 0.494 e. The van der Waals surface area contributed by atoms with E-state index >= 15 is 0 Å². The average Bonchev–Trinajstić information content (AvgIpc) is 2.50. The minimum atomic E-state index is -0.236. The van der Waals surface area contributed by atoms with E-state index in [2.05, 4.69) is 13.8 Å². The summed E-state index contributed by atoms with van der Waals surface area (Å²) in [5.41, 5.74) is 2.13. The fourth-order valence-corrected chi connectivity index (χ4v) is 2.43. The monoisotopic (exact) mass is 301 g/mol. The molecule has 4 nitrogen and oxygen atoms in total. The molecule has 4 heteroatoms. The minimum Gasteiger partial charge on any atom is -0.494 e. The van der Waals surface area contributed by atoms with Crippen molar-refractivity contribution < 1.29 is 9.84 Å². The molecule has 0 radical (unpaired) electrons. The number of nitrogens with zero attached hydrogens (tertiary/aromatic N) is 1. The van der Waals surface area contributed by atoms with E-state index in [4.69, 9.17) is 4.74 Å². The number of pyridine rings is 1. The fourth-order valence-electron chi connectivity index (χ4n) is 2.43. The van der Waals surface area contributed by atoms with Crippen LogP contribution in [0.4, 0.5) is 0 Å². The highest BCUT2D eigenvalue weighted by Gasteiger charge is 2.11. The Morgan fingerprint density at radius 2 is 1.82 bits per heavy atom. The molecule has 0 aliphatic carbocycles. The molecule has 1 heterocycles. The molecule has 1 aromatic carbocycles. The molecule has 2 aromatic rings. The molecular weight excluding hydrogens is 278 g/mol. The first-order chi connectivity index (χ1) is 10.6. The number of benzene rings is 1. The summed E-state index contributed by atoms with van der Waals surface area (Å²) < 4.78 is 7.19. The van der Waals surface area contributed by atoms with Crippen molar-refractivity contribution in [3.8, 4) is 17.0 Å². The van der Waals surface area contributed by atoms with Gasteiger partial charge in [-0.1, -0.05) is 13.8 Å². The number of hydrogen-bond acceptors (Lipinski definition) is 3. The maximum absolute atomic E-state index is 12.5. The van der Waals surface area contributed by atoms with Crippen LogP contribution in [0.15, 0.2) is 41.2 Å². The van der Waals surface area contributed by atoms with Crippen molar-refractivity contribution >= 4 is 0 Å². The molecule has 118 valence electrons. The lowest BCUT2D eigenvalue weighted by atomic mass is 10.1. The third kappa shape index (κ3) is 3.57. The van der Waals surface area contributed by atoms with Crippen LogP contribution in [0.2, 0.25) is 0 Å². The molecule has 0 amide bonds. The molecule has 1 N–H and O–H groups in total. The highest BCUT2D eigenvalue weighted by atomic mass is 16.5. The summed E-state index contributed by atoms with van der Waals surface area (Å²) in [6.45, 7) is 7.10. The van der Waals surface area contributed by atoms with Crippen LogP contribution in [-0.4, -0.2) is 16.3 Å². The third-order valence-corrected chi connectivity index (χ3v) is 3.43. The van der Waals surface area contributed by atoms with E-state index in [0.717, 1.165) is 17.0 Å². The number of hydrogen-bond donors (Lipinski definition) is 1. The average molecular weight is 301 g/mol. The second-order valence-corrected chi connectivity index (χ2v) is 5.67. The zero-order valence-corrected chi connectivity index (χ0v) is 13.4. The van der Waals surface area contributed by atoms with E-state index in [-0.39, 0.29) is 12.2 Å². The van der Waals surface area contributed by atoms with Gasteiger partial charge in [-0.25, -0.2) is 0 Å². The van der Waals surface area contributed by atoms with Gasteiger partial charge >= 0.3 is 0 Å². The number of rotatable bonds is 6. The van der Waals surface area contributed by atoms with Gasteiger partial charge in [-0.15, -0.1) is 0 Å². The third-order valence-electron chi connectivity index (χ3n) is 3.43. The van der Waals surface area contributed by atoms with Gasteiger partial charge in [-0.2, -0.15) is 0 Å².